The first-order chi connectivity index (χ1) is 12.9. The zero-order chi connectivity index (χ0) is 19.3. The summed E-state index contributed by atoms with van der Waals surface area (Å²) >= 11 is 5.86. The van der Waals surface area contributed by atoms with Gasteiger partial charge in [-0.1, -0.05) is 24.3 Å². The highest BCUT2D eigenvalue weighted by Gasteiger charge is 2.17. The quantitative estimate of drug-likeness (QED) is 0.567. The third-order valence-electron chi connectivity index (χ3n) is 4.05. The minimum absolute atomic E-state index is 0.173. The smallest absolute Gasteiger partial charge is 0.222 e. The fourth-order valence-electron chi connectivity index (χ4n) is 2.69. The van der Waals surface area contributed by atoms with Crippen LogP contribution in [0.3, 0.4) is 0 Å². The van der Waals surface area contributed by atoms with Gasteiger partial charge in [0.2, 0.25) is 15.3 Å². The minimum atomic E-state index is -3.35. The second-order valence-corrected chi connectivity index (χ2v) is 8.44. The number of halogens is 1. The van der Waals surface area contributed by atoms with Gasteiger partial charge in [0.05, 0.1) is 11.9 Å². The van der Waals surface area contributed by atoms with Crippen molar-refractivity contribution in [3.8, 4) is 11.3 Å². The summed E-state index contributed by atoms with van der Waals surface area (Å²) in [6.45, 7) is 0.667. The van der Waals surface area contributed by atoms with Gasteiger partial charge in [0.1, 0.15) is 0 Å². The Labute approximate surface area is 163 Å². The average Bonchev–Trinajstić information content (AvgIpc) is 2.65. The Bertz CT molecular complexity index is 1010. The van der Waals surface area contributed by atoms with E-state index < -0.39 is 10.0 Å². The van der Waals surface area contributed by atoms with E-state index in [-0.39, 0.29) is 11.8 Å². The van der Waals surface area contributed by atoms with Crippen molar-refractivity contribution in [1.82, 2.24) is 19.3 Å². The van der Waals surface area contributed by atoms with Crippen LogP contribution in [-0.2, 0) is 23.0 Å². The molecule has 0 saturated heterocycles. The van der Waals surface area contributed by atoms with E-state index in [0.717, 1.165) is 16.7 Å². The zero-order valence-corrected chi connectivity index (χ0v) is 16.4. The lowest BCUT2D eigenvalue weighted by Gasteiger charge is -2.20. The summed E-state index contributed by atoms with van der Waals surface area (Å²) in [7, 11) is -3.35. The predicted molar refractivity (Wildman–Crippen MR) is 106 cm³/mol. The minimum Gasteiger partial charge on any atom is -0.264 e. The van der Waals surface area contributed by atoms with Crippen LogP contribution < -0.4 is 0 Å². The lowest BCUT2D eigenvalue weighted by molar-refractivity contribution is 0.413. The molecule has 0 aliphatic heterocycles. The number of nitrogens with zero attached hydrogens (tertiary/aromatic N) is 4. The second-order valence-electron chi connectivity index (χ2n) is 6.12. The third kappa shape index (κ3) is 5.56. The number of hydrogen-bond donors (Lipinski definition) is 0. The summed E-state index contributed by atoms with van der Waals surface area (Å²) in [4.78, 5) is 12.2. The zero-order valence-electron chi connectivity index (χ0n) is 14.8. The maximum absolute atomic E-state index is 12.2. The average molecular weight is 403 g/mol. The van der Waals surface area contributed by atoms with Gasteiger partial charge in [-0.05, 0) is 47.3 Å². The van der Waals surface area contributed by atoms with Crippen LogP contribution in [-0.4, -0.2) is 40.5 Å². The first-order valence-electron chi connectivity index (χ1n) is 8.34. The molecule has 27 heavy (non-hydrogen) atoms. The first-order valence-corrected chi connectivity index (χ1v) is 10.6. The molecular weight excluding hydrogens is 384 g/mol. The van der Waals surface area contributed by atoms with E-state index >= 15 is 0 Å². The van der Waals surface area contributed by atoms with E-state index in [1.54, 1.807) is 24.7 Å². The molecule has 0 fully saturated rings. The Morgan fingerprint density at radius 3 is 2.59 bits per heavy atom. The molecule has 0 N–H and O–H groups in total. The summed E-state index contributed by atoms with van der Waals surface area (Å²) in [6, 6.07) is 13.1. The van der Waals surface area contributed by atoms with Crippen molar-refractivity contribution >= 4 is 21.6 Å². The second kappa shape index (κ2) is 8.56. The molecule has 0 radical (unpaired) electrons. The molecule has 0 atom stereocenters. The highest BCUT2D eigenvalue weighted by atomic mass is 35.5. The molecule has 0 spiro atoms. The molecule has 0 aliphatic rings. The Morgan fingerprint density at radius 2 is 1.89 bits per heavy atom. The number of rotatable bonds is 7. The molecular formula is C19H19ClN4O2S. The van der Waals surface area contributed by atoms with Crippen molar-refractivity contribution in [2.24, 2.45) is 0 Å². The molecule has 1 aromatic carbocycles. The van der Waals surface area contributed by atoms with Crippen LogP contribution in [0.5, 0.6) is 0 Å². The van der Waals surface area contributed by atoms with Gasteiger partial charge in [0, 0.05) is 37.2 Å². The van der Waals surface area contributed by atoms with Crippen LogP contribution in [0.2, 0.25) is 5.28 Å². The molecule has 0 aliphatic carbocycles. The largest absolute Gasteiger partial charge is 0.264 e. The Hall–Kier alpha value is -2.35. The maximum Gasteiger partial charge on any atom is 0.222 e. The number of pyridine rings is 1. The maximum atomic E-state index is 12.2. The van der Waals surface area contributed by atoms with Gasteiger partial charge in [-0.15, -0.1) is 0 Å². The molecule has 0 amide bonds. The van der Waals surface area contributed by atoms with Crippen LogP contribution in [0.4, 0.5) is 0 Å². The highest BCUT2D eigenvalue weighted by Crippen LogP contribution is 2.20. The molecule has 3 rings (SSSR count). The van der Waals surface area contributed by atoms with Gasteiger partial charge in [-0.25, -0.2) is 18.4 Å². The van der Waals surface area contributed by atoms with E-state index in [9.17, 15) is 8.42 Å². The van der Waals surface area contributed by atoms with E-state index in [1.807, 2.05) is 36.4 Å². The van der Waals surface area contributed by atoms with Crippen molar-refractivity contribution in [2.45, 2.75) is 13.0 Å². The summed E-state index contributed by atoms with van der Waals surface area (Å²) in [5.74, 6) is 0. The SMILES string of the molecule is CS(=O)(=O)N(CCc1cccnc1)Cc1cccc(-c2ccnc(Cl)n2)c1. The van der Waals surface area contributed by atoms with Gasteiger partial charge in [0.25, 0.3) is 0 Å². The van der Waals surface area contributed by atoms with Gasteiger partial charge >= 0.3 is 0 Å². The fourth-order valence-corrected chi connectivity index (χ4v) is 3.64. The van der Waals surface area contributed by atoms with Crippen molar-refractivity contribution in [3.05, 3.63) is 77.5 Å². The van der Waals surface area contributed by atoms with Crippen molar-refractivity contribution in [1.29, 1.82) is 0 Å². The lowest BCUT2D eigenvalue weighted by atomic mass is 10.1. The highest BCUT2D eigenvalue weighted by molar-refractivity contribution is 7.88. The van der Waals surface area contributed by atoms with Crippen LogP contribution in [0.15, 0.2) is 61.1 Å². The Kier molecular flexibility index (Phi) is 6.15. The molecule has 0 bridgehead atoms. The number of aromatic nitrogens is 3. The number of sulfonamides is 1. The number of hydrogen-bond acceptors (Lipinski definition) is 5. The summed E-state index contributed by atoms with van der Waals surface area (Å²) < 4.78 is 25.9. The molecule has 0 saturated carbocycles. The Morgan fingerprint density at radius 1 is 1.07 bits per heavy atom. The van der Waals surface area contributed by atoms with Crippen LogP contribution in [0.1, 0.15) is 11.1 Å². The van der Waals surface area contributed by atoms with Crippen LogP contribution in [0.25, 0.3) is 11.3 Å². The lowest BCUT2D eigenvalue weighted by Crippen LogP contribution is -2.31. The van der Waals surface area contributed by atoms with E-state index in [0.29, 0.717) is 18.7 Å². The summed E-state index contributed by atoms with van der Waals surface area (Å²) in [5.41, 5.74) is 3.42. The topological polar surface area (TPSA) is 76.1 Å². The molecule has 2 heterocycles. The van der Waals surface area contributed by atoms with Crippen LogP contribution in [0, 0.1) is 0 Å². The monoisotopic (exact) mass is 402 g/mol. The third-order valence-corrected chi connectivity index (χ3v) is 5.48. The molecule has 3 aromatic rings. The Balaban J connectivity index is 1.79. The van der Waals surface area contributed by atoms with Crippen molar-refractivity contribution in [2.75, 3.05) is 12.8 Å². The molecule has 6 nitrogen and oxygen atoms in total. The standard InChI is InChI=1S/C19H19ClN4O2S/c1-27(25,26)24(11-8-15-5-3-9-21-13-15)14-16-4-2-6-17(12-16)18-7-10-22-19(20)23-18/h2-7,9-10,12-13H,8,11,14H2,1H3. The van der Waals surface area contributed by atoms with E-state index in [4.69, 9.17) is 11.6 Å². The molecule has 8 heteroatoms. The van der Waals surface area contributed by atoms with Gasteiger partial charge in [-0.2, -0.15) is 4.31 Å². The normalized spacial score (nSPS) is 11.7. The van der Waals surface area contributed by atoms with Crippen molar-refractivity contribution in [3.63, 3.8) is 0 Å². The van der Waals surface area contributed by atoms with Crippen molar-refractivity contribution < 1.29 is 8.42 Å². The molecule has 2 aromatic heterocycles. The van der Waals surface area contributed by atoms with Gasteiger partial charge < -0.3 is 0 Å². The van der Waals surface area contributed by atoms with Crippen LogP contribution >= 0.6 is 11.6 Å². The summed E-state index contributed by atoms with van der Waals surface area (Å²) in [5, 5.41) is 0.173. The summed E-state index contributed by atoms with van der Waals surface area (Å²) in [6.07, 6.45) is 6.86. The van der Waals surface area contributed by atoms with E-state index in [2.05, 4.69) is 15.0 Å². The van der Waals surface area contributed by atoms with E-state index in [1.165, 1.54) is 10.6 Å². The predicted octanol–water partition coefficient (Wildman–Crippen LogP) is 3.20. The molecule has 0 unspecified atom stereocenters. The molecule has 140 valence electrons. The fraction of sp³-hybridized carbons (Fsp3) is 0.211. The first kappa shape index (κ1) is 19.4. The van der Waals surface area contributed by atoms with Gasteiger partial charge in [-0.3, -0.25) is 4.98 Å². The number of benzene rings is 1. The van der Waals surface area contributed by atoms with Gasteiger partial charge in [0.15, 0.2) is 0 Å².